The molecule has 4 N–H and O–H groups in total. The van der Waals surface area contributed by atoms with Crippen LogP contribution >= 0.6 is 11.8 Å². The summed E-state index contributed by atoms with van der Waals surface area (Å²) in [6, 6.07) is 4.47. The standard InChI is InChI=1S/C12H18N2O4S2/c1-12(2,3)18-10(15)7-19-8-5-4-6-9(11(8)13)20(14,16)17/h4-6H,7,13H2,1-3H3,(H2,14,16,17). The quantitative estimate of drug-likeness (QED) is 0.492. The van der Waals surface area contributed by atoms with E-state index in [1.807, 2.05) is 0 Å². The Morgan fingerprint density at radius 1 is 1.35 bits per heavy atom. The van der Waals surface area contributed by atoms with Crippen LogP contribution in [0.3, 0.4) is 0 Å². The lowest BCUT2D eigenvalue weighted by Gasteiger charge is -2.19. The van der Waals surface area contributed by atoms with E-state index >= 15 is 0 Å². The topological polar surface area (TPSA) is 112 Å². The highest BCUT2D eigenvalue weighted by Gasteiger charge is 2.18. The number of nitrogens with two attached hydrogens (primary N) is 2. The largest absolute Gasteiger partial charge is 0.459 e. The molecule has 0 aliphatic rings. The summed E-state index contributed by atoms with van der Waals surface area (Å²) < 4.78 is 27.8. The molecule has 0 unspecified atom stereocenters. The zero-order valence-corrected chi connectivity index (χ0v) is 13.2. The van der Waals surface area contributed by atoms with Gasteiger partial charge in [0, 0.05) is 4.90 Å². The number of carbonyl (C=O) groups excluding carboxylic acids is 1. The normalized spacial score (nSPS) is 12.2. The summed E-state index contributed by atoms with van der Waals surface area (Å²) in [6.07, 6.45) is 0. The van der Waals surface area contributed by atoms with E-state index in [4.69, 9.17) is 15.6 Å². The van der Waals surface area contributed by atoms with Crippen molar-refractivity contribution in [3.05, 3.63) is 18.2 Å². The molecule has 0 aliphatic heterocycles. The van der Waals surface area contributed by atoms with Gasteiger partial charge in [0.25, 0.3) is 0 Å². The molecule has 0 saturated heterocycles. The molecule has 0 amide bonds. The highest BCUT2D eigenvalue weighted by molar-refractivity contribution is 8.00. The minimum atomic E-state index is -3.88. The van der Waals surface area contributed by atoms with Crippen molar-refractivity contribution in [3.63, 3.8) is 0 Å². The zero-order valence-electron chi connectivity index (χ0n) is 11.5. The van der Waals surface area contributed by atoms with Gasteiger partial charge < -0.3 is 10.5 Å². The summed E-state index contributed by atoms with van der Waals surface area (Å²) in [4.78, 5) is 11.9. The molecule has 0 spiro atoms. The summed E-state index contributed by atoms with van der Waals surface area (Å²) in [6.45, 7) is 5.31. The number of ether oxygens (including phenoxy) is 1. The maximum Gasteiger partial charge on any atom is 0.316 e. The third-order valence-corrected chi connectivity index (χ3v) is 4.11. The number of rotatable bonds is 4. The Morgan fingerprint density at radius 3 is 2.45 bits per heavy atom. The Bertz CT molecular complexity index is 606. The second-order valence-electron chi connectivity index (χ2n) is 5.09. The number of para-hydroxylation sites is 1. The molecule has 0 saturated carbocycles. The number of benzene rings is 1. The van der Waals surface area contributed by atoms with Gasteiger partial charge in [-0.1, -0.05) is 6.07 Å². The molecule has 1 rings (SSSR count). The molecule has 6 nitrogen and oxygen atoms in total. The van der Waals surface area contributed by atoms with Gasteiger partial charge in [-0.2, -0.15) is 0 Å². The lowest BCUT2D eigenvalue weighted by atomic mass is 10.2. The lowest BCUT2D eigenvalue weighted by Crippen LogP contribution is -2.24. The Hall–Kier alpha value is -1.25. The summed E-state index contributed by atoms with van der Waals surface area (Å²) in [5.74, 6) is -0.363. The Balaban J connectivity index is 2.83. The molecule has 0 bridgehead atoms. The highest BCUT2D eigenvalue weighted by Crippen LogP contribution is 2.30. The second kappa shape index (κ2) is 6.02. The summed E-state index contributed by atoms with van der Waals surface area (Å²) in [5.41, 5.74) is 5.23. The number of hydrogen-bond acceptors (Lipinski definition) is 6. The van der Waals surface area contributed by atoms with E-state index < -0.39 is 21.6 Å². The van der Waals surface area contributed by atoms with Gasteiger partial charge in [0.1, 0.15) is 10.5 Å². The van der Waals surface area contributed by atoms with Crippen LogP contribution in [0.25, 0.3) is 0 Å². The van der Waals surface area contributed by atoms with Gasteiger partial charge in [0.05, 0.1) is 11.4 Å². The molecular formula is C12H18N2O4S2. The predicted octanol–water partition coefficient (Wildman–Crippen LogP) is 1.35. The van der Waals surface area contributed by atoms with E-state index in [2.05, 4.69) is 0 Å². The number of anilines is 1. The van der Waals surface area contributed by atoms with E-state index in [-0.39, 0.29) is 16.3 Å². The van der Waals surface area contributed by atoms with Crippen LogP contribution in [0.5, 0.6) is 0 Å². The summed E-state index contributed by atoms with van der Waals surface area (Å²) in [5, 5.41) is 5.06. The van der Waals surface area contributed by atoms with Crippen LogP contribution in [-0.4, -0.2) is 25.7 Å². The van der Waals surface area contributed by atoms with Gasteiger partial charge in [-0.05, 0) is 32.9 Å². The number of carbonyl (C=O) groups is 1. The molecule has 20 heavy (non-hydrogen) atoms. The molecule has 0 aromatic heterocycles. The van der Waals surface area contributed by atoms with Gasteiger partial charge in [-0.25, -0.2) is 13.6 Å². The Labute approximate surface area is 122 Å². The molecule has 1 aromatic rings. The van der Waals surface area contributed by atoms with Gasteiger partial charge in [-0.15, -0.1) is 11.8 Å². The van der Waals surface area contributed by atoms with Crippen LogP contribution in [0.4, 0.5) is 5.69 Å². The predicted molar refractivity (Wildman–Crippen MR) is 78.8 cm³/mol. The van der Waals surface area contributed by atoms with E-state index in [0.717, 1.165) is 11.8 Å². The number of sulfonamides is 1. The van der Waals surface area contributed by atoms with Crippen molar-refractivity contribution in [2.24, 2.45) is 5.14 Å². The summed E-state index contributed by atoms with van der Waals surface area (Å²) >= 11 is 1.11. The van der Waals surface area contributed by atoms with Crippen LogP contribution in [0, 0.1) is 0 Å². The first-order valence-corrected chi connectivity index (χ1v) is 8.30. The minimum absolute atomic E-state index is 0.0372. The van der Waals surface area contributed by atoms with E-state index in [1.165, 1.54) is 12.1 Å². The van der Waals surface area contributed by atoms with Crippen LogP contribution in [0.1, 0.15) is 20.8 Å². The van der Waals surface area contributed by atoms with Crippen LogP contribution < -0.4 is 10.9 Å². The van der Waals surface area contributed by atoms with Gasteiger partial charge in [0.15, 0.2) is 0 Å². The maximum atomic E-state index is 11.6. The second-order valence-corrected chi connectivity index (χ2v) is 7.64. The van der Waals surface area contributed by atoms with Crippen LogP contribution in [0.15, 0.2) is 28.0 Å². The van der Waals surface area contributed by atoms with E-state index in [0.29, 0.717) is 4.90 Å². The SMILES string of the molecule is CC(C)(C)OC(=O)CSc1cccc(S(N)(=O)=O)c1N. The van der Waals surface area contributed by atoms with Crippen LogP contribution in [0.2, 0.25) is 0 Å². The van der Waals surface area contributed by atoms with E-state index in [1.54, 1.807) is 26.8 Å². The molecule has 8 heteroatoms. The fourth-order valence-corrected chi connectivity index (χ4v) is 2.93. The number of thioether (sulfide) groups is 1. The molecule has 0 heterocycles. The molecule has 0 fully saturated rings. The smallest absolute Gasteiger partial charge is 0.316 e. The van der Waals surface area contributed by atoms with Crippen LogP contribution in [-0.2, 0) is 19.6 Å². The van der Waals surface area contributed by atoms with Crippen molar-refractivity contribution < 1.29 is 17.9 Å². The van der Waals surface area contributed by atoms with Crippen molar-refractivity contribution in [2.75, 3.05) is 11.5 Å². The molecule has 0 atom stereocenters. The maximum absolute atomic E-state index is 11.6. The Morgan fingerprint density at radius 2 is 1.95 bits per heavy atom. The first-order chi connectivity index (χ1) is 9.00. The number of primary sulfonamides is 1. The van der Waals surface area contributed by atoms with E-state index in [9.17, 15) is 13.2 Å². The highest BCUT2D eigenvalue weighted by atomic mass is 32.2. The van der Waals surface area contributed by atoms with Crippen molar-refractivity contribution >= 4 is 33.4 Å². The first kappa shape index (κ1) is 16.8. The van der Waals surface area contributed by atoms with Crippen molar-refractivity contribution in [1.82, 2.24) is 0 Å². The molecule has 112 valence electrons. The molecule has 0 aliphatic carbocycles. The van der Waals surface area contributed by atoms with Crippen molar-refractivity contribution in [2.45, 2.75) is 36.2 Å². The monoisotopic (exact) mass is 318 g/mol. The van der Waals surface area contributed by atoms with Gasteiger partial charge in [0.2, 0.25) is 10.0 Å². The fraction of sp³-hybridized carbons (Fsp3) is 0.417. The number of esters is 1. The average molecular weight is 318 g/mol. The Kier molecular flexibility index (Phi) is 5.06. The minimum Gasteiger partial charge on any atom is -0.459 e. The van der Waals surface area contributed by atoms with Gasteiger partial charge >= 0.3 is 5.97 Å². The molecular weight excluding hydrogens is 300 g/mol. The lowest BCUT2D eigenvalue weighted by molar-refractivity contribution is -0.151. The van der Waals surface area contributed by atoms with Crippen molar-refractivity contribution in [1.29, 1.82) is 0 Å². The third kappa shape index (κ3) is 5.03. The first-order valence-electron chi connectivity index (χ1n) is 5.76. The zero-order chi connectivity index (χ0) is 15.6. The molecule has 1 aromatic carbocycles. The average Bonchev–Trinajstić information content (AvgIpc) is 2.23. The summed E-state index contributed by atoms with van der Waals surface area (Å²) in [7, 11) is -3.88. The fourth-order valence-electron chi connectivity index (χ4n) is 1.41. The number of nitrogen functional groups attached to an aromatic ring is 1. The third-order valence-electron chi connectivity index (χ3n) is 2.10. The van der Waals surface area contributed by atoms with Gasteiger partial charge in [-0.3, -0.25) is 4.79 Å². The molecule has 0 radical (unpaired) electrons. The van der Waals surface area contributed by atoms with Crippen molar-refractivity contribution in [3.8, 4) is 0 Å². The number of hydrogen-bond donors (Lipinski definition) is 2.